The van der Waals surface area contributed by atoms with Crippen LogP contribution in [0.5, 0.6) is 0 Å². The molecule has 1 fully saturated rings. The van der Waals surface area contributed by atoms with Crippen LogP contribution in [-0.2, 0) is 26.6 Å². The molecule has 30 heavy (non-hydrogen) atoms. The Hall–Kier alpha value is -2.39. The molecule has 0 aliphatic carbocycles. The molecule has 1 heterocycles. The molecule has 0 saturated carbocycles. The molecule has 5 nitrogen and oxygen atoms in total. The number of hydrogen-bond acceptors (Lipinski definition) is 4. The standard InChI is InChI=1S/C21H23F3N2O3S/c22-15-5-6-19(24)17(12-15)21(7-9-30(28,29)10-8-21)26-20(27)13-16(25)11-14-3-1-2-4-18(14)23/h1-6,12,16H,7-11,13,25H2,(H,26,27)/t16-/m1/s1. The minimum atomic E-state index is -3.32. The van der Waals surface area contributed by atoms with Gasteiger partial charge in [-0.1, -0.05) is 18.2 Å². The lowest BCUT2D eigenvalue weighted by molar-refractivity contribution is -0.123. The number of sulfone groups is 1. The molecule has 0 aromatic heterocycles. The maximum atomic E-state index is 14.5. The summed E-state index contributed by atoms with van der Waals surface area (Å²) in [6, 6.07) is 8.26. The van der Waals surface area contributed by atoms with E-state index in [1.807, 2.05) is 0 Å². The van der Waals surface area contributed by atoms with Crippen LogP contribution in [0.25, 0.3) is 0 Å². The van der Waals surface area contributed by atoms with Crippen molar-refractivity contribution in [3.05, 3.63) is 71.0 Å². The second kappa shape index (κ2) is 8.77. The van der Waals surface area contributed by atoms with E-state index in [1.54, 1.807) is 18.2 Å². The van der Waals surface area contributed by atoms with Crippen LogP contribution in [0.2, 0.25) is 0 Å². The van der Waals surface area contributed by atoms with E-state index in [0.29, 0.717) is 5.56 Å². The van der Waals surface area contributed by atoms with Crippen LogP contribution in [0.15, 0.2) is 42.5 Å². The Morgan fingerprint density at radius 3 is 2.40 bits per heavy atom. The summed E-state index contributed by atoms with van der Waals surface area (Å²) in [5.41, 5.74) is 4.93. The summed E-state index contributed by atoms with van der Waals surface area (Å²) < 4.78 is 65.9. The van der Waals surface area contributed by atoms with E-state index in [1.165, 1.54) is 6.07 Å². The van der Waals surface area contributed by atoms with Crippen molar-refractivity contribution in [2.24, 2.45) is 5.73 Å². The van der Waals surface area contributed by atoms with Gasteiger partial charge in [-0.25, -0.2) is 21.6 Å². The molecule has 1 aliphatic rings. The topological polar surface area (TPSA) is 89.3 Å². The fraction of sp³-hybridized carbons (Fsp3) is 0.381. The molecular weight excluding hydrogens is 417 g/mol. The number of carbonyl (C=O) groups excluding carboxylic acids is 1. The first-order chi connectivity index (χ1) is 14.1. The molecule has 1 saturated heterocycles. The predicted octanol–water partition coefficient (Wildman–Crippen LogP) is 2.58. The highest BCUT2D eigenvalue weighted by molar-refractivity contribution is 7.91. The van der Waals surface area contributed by atoms with Crippen molar-refractivity contribution < 1.29 is 26.4 Å². The SMILES string of the molecule is N[C@@H](CC(=O)NC1(c2cc(F)ccc2F)CCS(=O)(=O)CC1)Cc1ccccc1F. The monoisotopic (exact) mass is 440 g/mol. The number of nitrogens with two attached hydrogens (primary N) is 1. The lowest BCUT2D eigenvalue weighted by Gasteiger charge is -2.39. The fourth-order valence-electron chi connectivity index (χ4n) is 3.79. The average molecular weight is 440 g/mol. The van der Waals surface area contributed by atoms with Gasteiger partial charge in [0.15, 0.2) is 9.84 Å². The van der Waals surface area contributed by atoms with Crippen LogP contribution in [-0.4, -0.2) is 31.9 Å². The van der Waals surface area contributed by atoms with Crippen LogP contribution >= 0.6 is 0 Å². The molecule has 0 unspecified atom stereocenters. The highest BCUT2D eigenvalue weighted by Crippen LogP contribution is 2.36. The van der Waals surface area contributed by atoms with Gasteiger partial charge in [0.05, 0.1) is 17.0 Å². The molecular formula is C21H23F3N2O3S. The van der Waals surface area contributed by atoms with Crippen molar-refractivity contribution in [2.75, 3.05) is 11.5 Å². The van der Waals surface area contributed by atoms with E-state index in [0.717, 1.165) is 18.2 Å². The number of benzene rings is 2. The first-order valence-electron chi connectivity index (χ1n) is 9.56. The molecule has 3 rings (SSSR count). The van der Waals surface area contributed by atoms with Gasteiger partial charge in [0.1, 0.15) is 17.5 Å². The van der Waals surface area contributed by atoms with Gasteiger partial charge in [-0.05, 0) is 49.1 Å². The van der Waals surface area contributed by atoms with Crippen molar-refractivity contribution >= 4 is 15.7 Å². The summed E-state index contributed by atoms with van der Waals surface area (Å²) in [5.74, 6) is -2.91. The van der Waals surface area contributed by atoms with E-state index >= 15 is 0 Å². The number of rotatable bonds is 6. The van der Waals surface area contributed by atoms with Crippen LogP contribution in [0, 0.1) is 17.5 Å². The molecule has 2 aromatic carbocycles. The first kappa shape index (κ1) is 22.3. The van der Waals surface area contributed by atoms with Crippen molar-refractivity contribution in [3.63, 3.8) is 0 Å². The first-order valence-corrected chi connectivity index (χ1v) is 11.4. The van der Waals surface area contributed by atoms with E-state index in [4.69, 9.17) is 5.73 Å². The lowest BCUT2D eigenvalue weighted by atomic mass is 9.83. The molecule has 1 atom stereocenters. The number of carbonyl (C=O) groups is 1. The van der Waals surface area contributed by atoms with Crippen LogP contribution < -0.4 is 11.1 Å². The summed E-state index contributed by atoms with van der Waals surface area (Å²) in [6.45, 7) is 0. The summed E-state index contributed by atoms with van der Waals surface area (Å²) in [5, 5.41) is 2.70. The van der Waals surface area contributed by atoms with Gasteiger partial charge in [0.2, 0.25) is 5.91 Å². The average Bonchev–Trinajstić information content (AvgIpc) is 2.67. The summed E-state index contributed by atoms with van der Waals surface area (Å²) >= 11 is 0. The number of hydrogen-bond donors (Lipinski definition) is 2. The third-order valence-electron chi connectivity index (χ3n) is 5.39. The van der Waals surface area contributed by atoms with Crippen molar-refractivity contribution in [1.29, 1.82) is 0 Å². The molecule has 0 bridgehead atoms. The molecule has 1 amide bonds. The largest absolute Gasteiger partial charge is 0.346 e. The Morgan fingerprint density at radius 2 is 1.73 bits per heavy atom. The normalized spacial score (nSPS) is 18.5. The van der Waals surface area contributed by atoms with Gasteiger partial charge in [0, 0.05) is 18.0 Å². The molecule has 1 aliphatic heterocycles. The smallest absolute Gasteiger partial charge is 0.222 e. The third-order valence-corrected chi connectivity index (χ3v) is 7.04. The zero-order valence-electron chi connectivity index (χ0n) is 16.2. The van der Waals surface area contributed by atoms with Crippen molar-refractivity contribution in [2.45, 2.75) is 37.3 Å². The Labute approximate surface area is 173 Å². The van der Waals surface area contributed by atoms with Gasteiger partial charge in [-0.15, -0.1) is 0 Å². The maximum Gasteiger partial charge on any atom is 0.222 e. The Morgan fingerprint density at radius 1 is 1.07 bits per heavy atom. The van der Waals surface area contributed by atoms with Crippen molar-refractivity contribution in [3.8, 4) is 0 Å². The molecule has 2 aromatic rings. The number of amides is 1. The van der Waals surface area contributed by atoms with E-state index < -0.39 is 44.8 Å². The van der Waals surface area contributed by atoms with E-state index in [9.17, 15) is 26.4 Å². The van der Waals surface area contributed by atoms with Gasteiger partial charge in [-0.3, -0.25) is 4.79 Å². The van der Waals surface area contributed by atoms with Gasteiger partial charge < -0.3 is 11.1 Å². The third kappa shape index (κ3) is 5.20. The minimum absolute atomic E-state index is 0.0794. The van der Waals surface area contributed by atoms with Crippen LogP contribution in [0.4, 0.5) is 13.2 Å². The highest BCUT2D eigenvalue weighted by Gasteiger charge is 2.42. The molecule has 3 N–H and O–H groups in total. The second-order valence-electron chi connectivity index (χ2n) is 7.67. The Kier molecular flexibility index (Phi) is 6.52. The molecule has 0 radical (unpaired) electrons. The van der Waals surface area contributed by atoms with E-state index in [2.05, 4.69) is 5.32 Å². The summed E-state index contributed by atoms with van der Waals surface area (Å²) in [7, 11) is -3.32. The second-order valence-corrected chi connectivity index (χ2v) is 9.97. The van der Waals surface area contributed by atoms with Crippen molar-refractivity contribution in [1.82, 2.24) is 5.32 Å². The lowest BCUT2D eigenvalue weighted by Crippen LogP contribution is -2.52. The minimum Gasteiger partial charge on any atom is -0.346 e. The zero-order valence-corrected chi connectivity index (χ0v) is 17.0. The van der Waals surface area contributed by atoms with E-state index in [-0.39, 0.29) is 42.8 Å². The molecule has 162 valence electrons. The summed E-state index contributed by atoms with van der Waals surface area (Å²) in [4.78, 5) is 12.7. The van der Waals surface area contributed by atoms with Gasteiger partial charge in [0.25, 0.3) is 0 Å². The van der Waals surface area contributed by atoms with Crippen LogP contribution in [0.3, 0.4) is 0 Å². The summed E-state index contributed by atoms with van der Waals surface area (Å²) in [6.07, 6.45) is -0.219. The van der Waals surface area contributed by atoms with Gasteiger partial charge >= 0.3 is 0 Å². The molecule has 0 spiro atoms. The zero-order chi connectivity index (χ0) is 21.9. The maximum absolute atomic E-state index is 14.5. The van der Waals surface area contributed by atoms with Gasteiger partial charge in [-0.2, -0.15) is 0 Å². The Balaban J connectivity index is 1.79. The Bertz CT molecular complexity index is 1030. The fourth-order valence-corrected chi connectivity index (χ4v) is 5.31. The number of halogens is 3. The quantitative estimate of drug-likeness (QED) is 0.723. The predicted molar refractivity (Wildman–Crippen MR) is 107 cm³/mol. The van der Waals surface area contributed by atoms with Crippen LogP contribution in [0.1, 0.15) is 30.4 Å². The highest BCUT2D eigenvalue weighted by atomic mass is 32.2. The molecule has 9 heteroatoms. The number of nitrogens with one attached hydrogen (secondary N) is 1.